The van der Waals surface area contributed by atoms with Crippen molar-refractivity contribution in [2.45, 2.75) is 182 Å². The molecule has 6 amide bonds. The molecule has 119 heavy (non-hydrogen) atoms. The number of benzene rings is 6. The van der Waals surface area contributed by atoms with E-state index in [0.29, 0.717) is 49.2 Å². The number of nitrogens with zero attached hydrogens (tertiary/aromatic N) is 17. The molecular weight excluding hydrogens is 1490 g/mol. The number of anilines is 14. The number of piperazine rings is 2. The highest BCUT2D eigenvalue weighted by molar-refractivity contribution is 6.09. The van der Waals surface area contributed by atoms with Crippen molar-refractivity contribution in [3.63, 3.8) is 0 Å². The van der Waals surface area contributed by atoms with Gasteiger partial charge >= 0.3 is 18.1 Å². The number of ether oxygens (including phenoxy) is 2. The Bertz CT molecular complexity index is 5060. The van der Waals surface area contributed by atoms with Crippen LogP contribution in [0.5, 0.6) is 11.5 Å². The molecule has 9 aromatic rings. The van der Waals surface area contributed by atoms with Gasteiger partial charge in [-0.3, -0.25) is 29.4 Å². The Morgan fingerprint density at radius 2 is 0.697 bits per heavy atom. The molecule has 0 atom stereocenters. The van der Waals surface area contributed by atoms with E-state index in [2.05, 4.69) is 204 Å². The van der Waals surface area contributed by atoms with Gasteiger partial charge < -0.3 is 49.9 Å². The van der Waals surface area contributed by atoms with E-state index in [1.165, 1.54) is 17.7 Å². The number of methoxy groups -OCH3 is 2. The van der Waals surface area contributed by atoms with Crippen LogP contribution in [0.4, 0.5) is 95.2 Å². The van der Waals surface area contributed by atoms with E-state index in [4.69, 9.17) is 29.4 Å². The summed E-state index contributed by atoms with van der Waals surface area (Å²) < 4.78 is 11.6. The lowest BCUT2D eigenvalue weighted by molar-refractivity contribution is 0.244. The minimum atomic E-state index is -0.00411. The average Bonchev–Trinajstić information content (AvgIpc) is 0.983. The summed E-state index contributed by atoms with van der Waals surface area (Å²) in [5.41, 5.74) is 18.7. The summed E-state index contributed by atoms with van der Waals surface area (Å²) in [5, 5.41) is 10.2. The Hall–Kier alpha value is -11.2. The first-order valence-electron chi connectivity index (χ1n) is 43.2. The standard InChI is InChI=1S/C33H42N6O2.C31H39N7O2.C30H37N7O/c1-22-9-8-10-23(2)30(22)38-21-26-20-34-32(36-31(26)39(33(38)40)27-11-6-5-7-12-27)35-28-14-13-25(19-29(28)41-4)24-15-17-37(3)18-16-24;1-21-8-7-9-22(2)28(21)37-20-23-19-32-30(34-29(23)38(31(37)39)24-10-5-6-11-24)33-26-13-12-25(18-27(26)40-4)36-16-14-35(3)15-17-36;1-21-7-6-8-22(2)27(21)36-20-23-19-31-29(33-28(23)37(30(36)38)26-9-4-5-10-26)32-24-11-13-25(14-12-24)35-17-15-34(3)16-18-35/h8-10,13-14,19-20,24,27H,5-7,11-12,15-18,21H2,1-4H3,(H,34,35,36);7-9,12-13,18-19,24H,5-6,10-11,14-17,20H2,1-4H3,(H,32,33,34);6-8,11-14,19,26H,4-5,9-10,15-18,20H2,1-3H3,(H,31,32,33). The number of nitrogens with one attached hydrogen (secondary N) is 3. The van der Waals surface area contributed by atoms with Gasteiger partial charge in [-0.1, -0.05) is 106 Å². The molecule has 3 N–H and O–H groups in total. The van der Waals surface area contributed by atoms with Crippen LogP contribution in [0.3, 0.4) is 0 Å². The predicted octanol–water partition coefficient (Wildman–Crippen LogP) is 17.9. The number of urea groups is 3. The van der Waals surface area contributed by atoms with E-state index in [-0.39, 0.29) is 36.2 Å². The van der Waals surface area contributed by atoms with Gasteiger partial charge in [0.05, 0.1) is 62.3 Å². The maximum absolute atomic E-state index is 14.2. The summed E-state index contributed by atoms with van der Waals surface area (Å²) in [5.74, 6) is 5.71. The Morgan fingerprint density at radius 3 is 1.08 bits per heavy atom. The molecule has 25 heteroatoms. The number of likely N-dealkylation sites (tertiary alicyclic amines) is 1. The fourth-order valence-electron chi connectivity index (χ4n) is 19.2. The number of aromatic nitrogens is 6. The van der Waals surface area contributed by atoms with E-state index in [1.807, 2.05) is 72.3 Å². The summed E-state index contributed by atoms with van der Waals surface area (Å²) >= 11 is 0. The summed E-state index contributed by atoms with van der Waals surface area (Å²) in [6, 6.07) is 40.1. The van der Waals surface area contributed by atoms with Gasteiger partial charge in [0, 0.05) is 129 Å². The van der Waals surface area contributed by atoms with Crippen LogP contribution in [-0.2, 0) is 19.6 Å². The van der Waals surface area contributed by atoms with Gasteiger partial charge in [-0.05, 0) is 221 Å². The zero-order valence-electron chi connectivity index (χ0n) is 71.5. The molecule has 6 fully saturated rings. The average molecular weight is 1610 g/mol. The van der Waals surface area contributed by atoms with Crippen molar-refractivity contribution in [1.82, 2.24) is 44.6 Å². The van der Waals surface area contributed by atoms with E-state index < -0.39 is 0 Å². The number of amides is 6. The maximum atomic E-state index is 14.2. The van der Waals surface area contributed by atoms with Crippen LogP contribution in [0.25, 0.3) is 0 Å². The predicted molar refractivity (Wildman–Crippen MR) is 479 cm³/mol. The lowest BCUT2D eigenvalue weighted by atomic mass is 9.89. The molecule has 18 rings (SSSR count). The van der Waals surface area contributed by atoms with Gasteiger partial charge in [0.15, 0.2) is 0 Å². The van der Waals surface area contributed by atoms with E-state index in [9.17, 15) is 14.4 Å². The van der Waals surface area contributed by atoms with Crippen molar-refractivity contribution in [1.29, 1.82) is 0 Å². The van der Waals surface area contributed by atoms with Crippen molar-refractivity contribution in [2.24, 2.45) is 0 Å². The van der Waals surface area contributed by atoms with Gasteiger partial charge in [0.25, 0.3) is 0 Å². The third kappa shape index (κ3) is 17.7. The second-order valence-corrected chi connectivity index (χ2v) is 34.2. The Morgan fingerprint density at radius 1 is 0.361 bits per heavy atom. The molecule has 624 valence electrons. The Labute approximate surface area is 702 Å². The number of rotatable bonds is 17. The fraction of sp³-hybridized carbons (Fsp3) is 0.457. The summed E-state index contributed by atoms with van der Waals surface area (Å²) in [7, 11) is 9.91. The van der Waals surface area contributed by atoms with Crippen molar-refractivity contribution >= 4 is 98.9 Å². The quantitative estimate of drug-likeness (QED) is 0.0772. The second-order valence-electron chi connectivity index (χ2n) is 34.2. The van der Waals surface area contributed by atoms with E-state index >= 15 is 0 Å². The molecule has 9 aliphatic rings. The van der Waals surface area contributed by atoms with Crippen LogP contribution >= 0.6 is 0 Å². The molecule has 3 aromatic heterocycles. The minimum absolute atomic E-state index is 0.00411. The van der Waals surface area contributed by atoms with Crippen LogP contribution in [0.15, 0.2) is 134 Å². The third-order valence-electron chi connectivity index (χ3n) is 25.9. The largest absolute Gasteiger partial charge is 0.495 e. The molecule has 6 aliphatic heterocycles. The topological polar surface area (TPSA) is 219 Å². The van der Waals surface area contributed by atoms with Crippen LogP contribution in [0.2, 0.25) is 0 Å². The lowest BCUT2D eigenvalue weighted by Gasteiger charge is -2.42. The number of carbonyl (C=O) groups is 3. The second kappa shape index (κ2) is 36.2. The summed E-state index contributed by atoms with van der Waals surface area (Å²) in [4.78, 5) is 94.7. The van der Waals surface area contributed by atoms with Crippen LogP contribution in [0.1, 0.15) is 158 Å². The first-order chi connectivity index (χ1) is 57.8. The molecule has 0 spiro atoms. The monoisotopic (exact) mass is 1610 g/mol. The summed E-state index contributed by atoms with van der Waals surface area (Å²) in [6.07, 6.45) is 21.9. The smallest absolute Gasteiger partial charge is 0.330 e. The normalized spacial score (nSPS) is 18.6. The molecule has 6 aromatic carbocycles. The van der Waals surface area contributed by atoms with Crippen LogP contribution in [0, 0.1) is 41.5 Å². The molecule has 0 unspecified atom stereocenters. The number of carbonyl (C=O) groups excluding carboxylic acids is 3. The van der Waals surface area contributed by atoms with Crippen molar-refractivity contribution in [3.05, 3.63) is 189 Å². The van der Waals surface area contributed by atoms with Gasteiger partial charge in [-0.25, -0.2) is 29.3 Å². The molecule has 0 radical (unpaired) electrons. The molecule has 0 bridgehead atoms. The number of para-hydroxylation sites is 3. The van der Waals surface area contributed by atoms with Crippen molar-refractivity contribution in [2.75, 3.05) is 156 Å². The van der Waals surface area contributed by atoms with Gasteiger partial charge in [-0.15, -0.1) is 0 Å². The highest BCUT2D eigenvalue weighted by Crippen LogP contribution is 2.45. The first-order valence-corrected chi connectivity index (χ1v) is 43.2. The van der Waals surface area contributed by atoms with Gasteiger partial charge in [0.1, 0.15) is 29.0 Å². The van der Waals surface area contributed by atoms with Crippen molar-refractivity contribution in [3.8, 4) is 11.5 Å². The molecule has 3 saturated heterocycles. The van der Waals surface area contributed by atoms with Crippen molar-refractivity contribution < 1.29 is 23.9 Å². The number of hydrogen-bond donors (Lipinski definition) is 3. The number of hydrogen-bond acceptors (Lipinski definition) is 19. The Balaban J connectivity index is 0.000000133. The number of aryl methyl sites for hydroxylation is 6. The third-order valence-corrected chi connectivity index (χ3v) is 25.9. The van der Waals surface area contributed by atoms with E-state index in [0.717, 1.165) is 268 Å². The van der Waals surface area contributed by atoms with Crippen LogP contribution in [-0.4, -0.2) is 182 Å². The highest BCUT2D eigenvalue weighted by atomic mass is 16.5. The SMILES string of the molecule is COc1cc(C2CCN(C)CC2)ccc1Nc1ncc2c(n1)N(C1CCCCC1)C(=O)N(c1c(C)cccc1C)C2.COc1cc(N2CCN(C)CC2)ccc1Nc1ncc2c(n1)N(C1CCCC1)C(=O)N(c1c(C)cccc1C)C2.Cc1cccc(C)c1N1Cc2cnc(Nc3ccc(N4CCN(C)CC4)cc3)nc2N(C2CCCC2)C1=O. The van der Waals surface area contributed by atoms with E-state index in [1.54, 1.807) is 14.2 Å². The highest BCUT2D eigenvalue weighted by Gasteiger charge is 2.43. The Kier molecular flexibility index (Phi) is 24.8. The zero-order chi connectivity index (χ0) is 82.5. The van der Waals surface area contributed by atoms with Gasteiger partial charge in [0.2, 0.25) is 17.8 Å². The van der Waals surface area contributed by atoms with Gasteiger partial charge in [-0.2, -0.15) is 15.0 Å². The molecule has 9 heterocycles. The maximum Gasteiger partial charge on any atom is 0.330 e. The molecule has 25 nitrogen and oxygen atoms in total. The fourth-order valence-corrected chi connectivity index (χ4v) is 19.2. The molecule has 3 aliphatic carbocycles. The number of likely N-dealkylation sites (N-methyl/N-ethyl adjacent to an activating group) is 2. The minimum Gasteiger partial charge on any atom is -0.495 e. The molecule has 3 saturated carbocycles. The number of piperidine rings is 1. The first kappa shape index (κ1) is 81.6. The molecular formula is C94H118N20O5. The summed E-state index contributed by atoms with van der Waals surface area (Å²) in [6.45, 7) is 24.4. The van der Waals surface area contributed by atoms with Crippen LogP contribution < -0.4 is 64.6 Å². The zero-order valence-corrected chi connectivity index (χ0v) is 71.5. The number of fused-ring (bicyclic) bond motifs is 3. The lowest BCUT2D eigenvalue weighted by Crippen LogP contribution is -2.53.